The van der Waals surface area contributed by atoms with E-state index in [0.29, 0.717) is 0 Å². The van der Waals surface area contributed by atoms with Gasteiger partial charge in [0.05, 0.1) is 5.39 Å². The predicted octanol–water partition coefficient (Wildman–Crippen LogP) is 1.47. The van der Waals surface area contributed by atoms with Gasteiger partial charge in [0.25, 0.3) is 0 Å². The van der Waals surface area contributed by atoms with Gasteiger partial charge in [-0.2, -0.15) is 0 Å². The SMILES string of the molecule is C.C.O.O.O=c1cccc2cc(O)c(O)c(O)c2c1O.OO.Oc1cccc(O)c1O. The van der Waals surface area contributed by atoms with E-state index < -0.39 is 34.2 Å². The highest BCUT2D eigenvalue weighted by Gasteiger charge is 2.14. The monoisotopic (exact) mass is 448 g/mol. The van der Waals surface area contributed by atoms with Gasteiger partial charge in [0, 0.05) is 0 Å². The average molecular weight is 448 g/mol. The molecule has 0 saturated carbocycles. The summed E-state index contributed by atoms with van der Waals surface area (Å²) >= 11 is 0. The number of phenolic OH excluding ortho intramolecular Hbond substituents is 6. The van der Waals surface area contributed by atoms with Crippen LogP contribution in [0.4, 0.5) is 0 Å². The zero-order chi connectivity index (χ0) is 20.7. The Morgan fingerprint density at radius 3 is 1.45 bits per heavy atom. The summed E-state index contributed by atoms with van der Waals surface area (Å²) in [5.41, 5.74) is -0.685. The minimum absolute atomic E-state index is 0. The lowest BCUT2D eigenvalue weighted by molar-refractivity contribution is -0.176. The van der Waals surface area contributed by atoms with Crippen LogP contribution in [-0.4, -0.2) is 57.2 Å². The molecule has 0 aliphatic carbocycles. The molecule has 176 valence electrons. The molecule has 0 heterocycles. The molecule has 0 unspecified atom stereocenters. The highest BCUT2D eigenvalue weighted by molar-refractivity contribution is 5.96. The number of fused-ring (bicyclic) bond motifs is 1. The van der Waals surface area contributed by atoms with Gasteiger partial charge < -0.3 is 46.7 Å². The Hall–Kier alpha value is -3.97. The van der Waals surface area contributed by atoms with Gasteiger partial charge in [0.1, 0.15) is 0 Å². The summed E-state index contributed by atoms with van der Waals surface area (Å²) in [6, 6.07) is 9.07. The Bertz CT molecular complexity index is 985. The third-order valence-corrected chi connectivity index (χ3v) is 3.27. The van der Waals surface area contributed by atoms with Gasteiger partial charge in [0.2, 0.25) is 11.2 Å². The molecule has 3 aromatic carbocycles. The molecule has 12 heteroatoms. The molecule has 0 aliphatic heterocycles. The van der Waals surface area contributed by atoms with Gasteiger partial charge in [-0.15, -0.1) is 0 Å². The van der Waals surface area contributed by atoms with E-state index in [-0.39, 0.29) is 48.1 Å². The number of aromatic hydroxyl groups is 7. The van der Waals surface area contributed by atoms with Crippen molar-refractivity contribution >= 4 is 10.8 Å². The molecule has 31 heavy (non-hydrogen) atoms. The first-order valence-corrected chi connectivity index (χ1v) is 7.03. The van der Waals surface area contributed by atoms with E-state index in [0.717, 1.165) is 12.1 Å². The highest BCUT2D eigenvalue weighted by atomic mass is 17.0. The number of hydrogen-bond donors (Lipinski definition) is 9. The number of phenols is 6. The fourth-order valence-electron chi connectivity index (χ4n) is 2.01. The Morgan fingerprint density at radius 2 is 1.00 bits per heavy atom. The van der Waals surface area contributed by atoms with Gasteiger partial charge in [-0.05, 0) is 29.7 Å². The van der Waals surface area contributed by atoms with Crippen molar-refractivity contribution in [3.63, 3.8) is 0 Å². The van der Waals surface area contributed by atoms with E-state index in [4.69, 9.17) is 25.8 Å². The van der Waals surface area contributed by atoms with Crippen molar-refractivity contribution in [2.75, 3.05) is 0 Å². The van der Waals surface area contributed by atoms with E-state index in [2.05, 4.69) is 0 Å². The molecule has 0 aromatic heterocycles. The highest BCUT2D eigenvalue weighted by Crippen LogP contribution is 2.42. The molecule has 3 rings (SSSR count). The quantitative estimate of drug-likeness (QED) is 0.136. The first-order chi connectivity index (χ1) is 12.7. The number of hydrogen-bond acceptors (Lipinski definition) is 10. The van der Waals surface area contributed by atoms with Crippen LogP contribution in [0.2, 0.25) is 0 Å². The molecule has 0 atom stereocenters. The lowest BCUT2D eigenvalue weighted by Gasteiger charge is -2.04. The first kappa shape index (κ1) is 34.5. The molecule has 0 bridgehead atoms. The van der Waals surface area contributed by atoms with Crippen molar-refractivity contribution in [2.24, 2.45) is 0 Å². The molecule has 13 N–H and O–H groups in total. The lowest BCUT2D eigenvalue weighted by Crippen LogP contribution is -1.93. The second-order valence-electron chi connectivity index (χ2n) is 4.94. The van der Waals surface area contributed by atoms with Crippen molar-refractivity contribution in [1.29, 1.82) is 0 Å². The van der Waals surface area contributed by atoms with E-state index in [1.165, 1.54) is 30.3 Å². The molecule has 0 aliphatic rings. The molecular weight excluding hydrogens is 420 g/mol. The standard InChI is InChI=1S/C11H8O5.C6H6O3.2CH4.H2O2.2H2O/c12-6-3-1-2-5-4-7(13)10(15)11(16)8(5)9(6)14;7-4-2-1-3-5(8)6(4)9;;;1-2;;/h1-4,13,15-16H,(H,12,14);1-3,7-9H;2*1H4;1-2H;2*1H2. The van der Waals surface area contributed by atoms with Crippen molar-refractivity contribution in [3.8, 4) is 40.2 Å². The number of benzene rings is 2. The maximum Gasteiger partial charge on any atom is 0.220 e. The summed E-state index contributed by atoms with van der Waals surface area (Å²) in [6.45, 7) is 0. The van der Waals surface area contributed by atoms with Crippen molar-refractivity contribution in [1.82, 2.24) is 0 Å². The van der Waals surface area contributed by atoms with Gasteiger partial charge in [0.15, 0.2) is 34.5 Å². The van der Waals surface area contributed by atoms with Crippen LogP contribution in [0.15, 0.2) is 47.3 Å². The number of para-hydroxylation sites is 1. The summed E-state index contributed by atoms with van der Waals surface area (Å²) in [6.07, 6.45) is 0. The molecule has 0 fully saturated rings. The largest absolute Gasteiger partial charge is 0.504 e. The molecule has 12 nitrogen and oxygen atoms in total. The van der Waals surface area contributed by atoms with Crippen LogP contribution >= 0.6 is 0 Å². The summed E-state index contributed by atoms with van der Waals surface area (Å²) in [4.78, 5) is 11.3. The fourth-order valence-corrected chi connectivity index (χ4v) is 2.01. The molecule has 0 saturated heterocycles. The van der Waals surface area contributed by atoms with Crippen LogP contribution in [0.5, 0.6) is 40.2 Å². The topological polar surface area (TPSA) is 262 Å². The minimum Gasteiger partial charge on any atom is -0.504 e. The zero-order valence-corrected chi connectivity index (χ0v) is 14.5. The van der Waals surface area contributed by atoms with Crippen LogP contribution in [0.25, 0.3) is 10.8 Å². The Morgan fingerprint density at radius 1 is 0.548 bits per heavy atom. The smallest absolute Gasteiger partial charge is 0.220 e. The summed E-state index contributed by atoms with van der Waals surface area (Å²) in [5, 5.41) is 75.8. The van der Waals surface area contributed by atoms with Crippen molar-refractivity contribution < 1.29 is 57.2 Å². The first-order valence-electron chi connectivity index (χ1n) is 7.03. The van der Waals surface area contributed by atoms with Crippen LogP contribution in [-0.2, 0) is 0 Å². The van der Waals surface area contributed by atoms with E-state index in [9.17, 15) is 25.2 Å². The lowest BCUT2D eigenvalue weighted by atomic mass is 10.1. The van der Waals surface area contributed by atoms with Gasteiger partial charge in [-0.25, -0.2) is 0 Å². The third-order valence-electron chi connectivity index (χ3n) is 3.27. The Balaban J connectivity index is -0.000000213. The summed E-state index contributed by atoms with van der Waals surface area (Å²) < 4.78 is 0. The van der Waals surface area contributed by atoms with Crippen LogP contribution < -0.4 is 5.43 Å². The maximum atomic E-state index is 11.3. The molecular formula is C19H28O12. The predicted molar refractivity (Wildman–Crippen MR) is 114 cm³/mol. The van der Waals surface area contributed by atoms with E-state index >= 15 is 0 Å². The van der Waals surface area contributed by atoms with E-state index in [1.807, 2.05) is 0 Å². The fraction of sp³-hybridized carbons (Fsp3) is 0.105. The summed E-state index contributed by atoms with van der Waals surface area (Å²) in [7, 11) is 0. The second-order valence-corrected chi connectivity index (χ2v) is 4.94. The maximum absolute atomic E-state index is 11.3. The number of rotatable bonds is 0. The molecule has 0 amide bonds. The van der Waals surface area contributed by atoms with Gasteiger partial charge >= 0.3 is 0 Å². The van der Waals surface area contributed by atoms with Gasteiger partial charge in [-0.3, -0.25) is 15.3 Å². The third kappa shape index (κ3) is 7.75. The normalized spacial score (nSPS) is 8.32. The molecule has 3 aromatic rings. The zero-order valence-electron chi connectivity index (χ0n) is 14.5. The average Bonchev–Trinajstić information content (AvgIpc) is 2.79. The summed E-state index contributed by atoms with van der Waals surface area (Å²) in [5.74, 6) is -3.78. The second kappa shape index (κ2) is 14.9. The molecule has 0 radical (unpaired) electrons. The van der Waals surface area contributed by atoms with Crippen LogP contribution in [0, 0.1) is 0 Å². The van der Waals surface area contributed by atoms with Crippen molar-refractivity contribution in [3.05, 3.63) is 52.7 Å². The van der Waals surface area contributed by atoms with Crippen LogP contribution in [0.1, 0.15) is 14.9 Å². The van der Waals surface area contributed by atoms with Crippen LogP contribution in [0.3, 0.4) is 0 Å². The Labute approximate surface area is 176 Å². The minimum atomic E-state index is -0.770. The van der Waals surface area contributed by atoms with E-state index in [1.54, 1.807) is 0 Å². The van der Waals surface area contributed by atoms with Gasteiger partial charge in [-0.1, -0.05) is 33.1 Å². The molecule has 0 spiro atoms. The Kier molecular flexibility index (Phi) is 16.7. The van der Waals surface area contributed by atoms with Crippen molar-refractivity contribution in [2.45, 2.75) is 14.9 Å².